The molecule has 1 unspecified atom stereocenters. The Bertz CT molecular complexity index is 545. The lowest BCUT2D eigenvalue weighted by atomic mass is 9.98. The fourth-order valence-electron chi connectivity index (χ4n) is 1.88. The quantitative estimate of drug-likeness (QED) is 0.666. The highest BCUT2D eigenvalue weighted by atomic mass is 19.4. The molecule has 11 heteroatoms. The highest BCUT2D eigenvalue weighted by Crippen LogP contribution is 2.54. The molecule has 0 radical (unpaired) electrons. The number of alkyl halides is 9. The molecule has 0 aliphatic heterocycles. The number of aliphatic hydroxyl groups is 1. The summed E-state index contributed by atoms with van der Waals surface area (Å²) in [5, 5.41) is 11.7. The maximum Gasteiger partial charge on any atom is 0.460 e. The third-order valence-electron chi connectivity index (χ3n) is 3.25. The molecule has 1 rings (SSSR count). The molecule has 0 saturated heterocycles. The first kappa shape index (κ1) is 21.6. The molecule has 0 aromatic heterocycles. The Labute approximate surface area is 136 Å². The summed E-state index contributed by atoms with van der Waals surface area (Å²) >= 11 is 0. The molecule has 144 valence electrons. The summed E-state index contributed by atoms with van der Waals surface area (Å²) in [4.78, 5) is 0. The molecule has 2 N–H and O–H groups in total. The largest absolute Gasteiger partial charge is 0.460 e. The zero-order chi connectivity index (χ0) is 19.5. The fraction of sp³-hybridized carbons (Fsp3) is 0.571. The van der Waals surface area contributed by atoms with Gasteiger partial charge < -0.3 is 10.4 Å². The highest BCUT2D eigenvalue weighted by Gasteiger charge is 2.81. The van der Waals surface area contributed by atoms with Crippen molar-refractivity contribution in [2.75, 3.05) is 6.54 Å². The van der Waals surface area contributed by atoms with Gasteiger partial charge in [0.2, 0.25) is 0 Å². The van der Waals surface area contributed by atoms with Crippen molar-refractivity contribution in [2.24, 2.45) is 0 Å². The minimum atomic E-state index is -6.94. The van der Waals surface area contributed by atoms with Crippen molar-refractivity contribution in [1.82, 2.24) is 5.32 Å². The van der Waals surface area contributed by atoms with Gasteiger partial charge in [0, 0.05) is 19.5 Å². The van der Waals surface area contributed by atoms with Gasteiger partial charge in [-0.3, -0.25) is 0 Å². The SMILES string of the molecule is OC(CNCc1ccccc1)CC(F)(F)C(F)(F)C(F)(F)C(F)(F)F. The summed E-state index contributed by atoms with van der Waals surface area (Å²) in [5.41, 5.74) is 0.649. The predicted molar refractivity (Wildman–Crippen MR) is 69.7 cm³/mol. The highest BCUT2D eigenvalue weighted by molar-refractivity contribution is 5.14. The number of halogens is 9. The second-order valence-corrected chi connectivity index (χ2v) is 5.33. The van der Waals surface area contributed by atoms with Crippen LogP contribution in [0.5, 0.6) is 0 Å². The van der Waals surface area contributed by atoms with Crippen LogP contribution in [0.1, 0.15) is 12.0 Å². The van der Waals surface area contributed by atoms with Gasteiger partial charge in [0.15, 0.2) is 0 Å². The van der Waals surface area contributed by atoms with Crippen LogP contribution in [0, 0.1) is 0 Å². The van der Waals surface area contributed by atoms with E-state index >= 15 is 0 Å². The normalized spacial score (nSPS) is 15.3. The van der Waals surface area contributed by atoms with Crippen molar-refractivity contribution in [2.45, 2.75) is 43.0 Å². The standard InChI is InChI=1S/C14H14F9NO/c15-11(16,12(17,18)13(19,20)14(21,22)23)6-10(25)8-24-7-9-4-2-1-3-5-9/h1-5,10,24-25H,6-8H2. The Morgan fingerprint density at radius 3 is 1.84 bits per heavy atom. The lowest BCUT2D eigenvalue weighted by Gasteiger charge is -2.34. The van der Waals surface area contributed by atoms with Crippen LogP contribution in [0.3, 0.4) is 0 Å². The van der Waals surface area contributed by atoms with E-state index in [-0.39, 0.29) is 6.54 Å². The molecule has 0 saturated carbocycles. The molecule has 0 fully saturated rings. The third kappa shape index (κ3) is 4.78. The van der Waals surface area contributed by atoms with Crippen LogP contribution < -0.4 is 5.32 Å². The van der Waals surface area contributed by atoms with E-state index in [0.717, 1.165) is 0 Å². The van der Waals surface area contributed by atoms with E-state index in [2.05, 4.69) is 5.32 Å². The second-order valence-electron chi connectivity index (χ2n) is 5.33. The lowest BCUT2D eigenvalue weighted by molar-refractivity contribution is -0.398. The summed E-state index contributed by atoms with van der Waals surface area (Å²) in [6, 6.07) is 8.20. The zero-order valence-corrected chi connectivity index (χ0v) is 12.4. The molecule has 0 amide bonds. The molecule has 0 bridgehead atoms. The van der Waals surface area contributed by atoms with Gasteiger partial charge in [-0.05, 0) is 5.56 Å². The van der Waals surface area contributed by atoms with Gasteiger partial charge in [-0.2, -0.15) is 39.5 Å². The van der Waals surface area contributed by atoms with Crippen molar-refractivity contribution in [3.05, 3.63) is 35.9 Å². The minimum Gasteiger partial charge on any atom is -0.392 e. The molecular weight excluding hydrogens is 369 g/mol. The minimum absolute atomic E-state index is 0.0403. The van der Waals surface area contributed by atoms with Gasteiger partial charge in [0.1, 0.15) is 0 Å². The van der Waals surface area contributed by atoms with E-state index in [1.807, 2.05) is 0 Å². The van der Waals surface area contributed by atoms with Crippen molar-refractivity contribution < 1.29 is 44.6 Å². The summed E-state index contributed by atoms with van der Waals surface area (Å²) in [6.07, 6.45) is -11.4. The second kappa shape index (κ2) is 7.40. The molecule has 25 heavy (non-hydrogen) atoms. The Hall–Kier alpha value is -1.49. The molecular formula is C14H14F9NO. The van der Waals surface area contributed by atoms with Crippen LogP contribution in [0.4, 0.5) is 39.5 Å². The maximum absolute atomic E-state index is 13.3. The van der Waals surface area contributed by atoms with E-state index in [9.17, 15) is 44.6 Å². The van der Waals surface area contributed by atoms with Crippen LogP contribution in [-0.2, 0) is 6.54 Å². The van der Waals surface area contributed by atoms with Crippen molar-refractivity contribution in [3.63, 3.8) is 0 Å². The van der Waals surface area contributed by atoms with E-state index in [1.54, 1.807) is 30.3 Å². The van der Waals surface area contributed by atoms with Gasteiger partial charge in [-0.25, -0.2) is 0 Å². The van der Waals surface area contributed by atoms with E-state index < -0.39 is 43.0 Å². The van der Waals surface area contributed by atoms with E-state index in [0.29, 0.717) is 5.56 Å². The number of nitrogens with one attached hydrogen (secondary N) is 1. The molecule has 1 atom stereocenters. The van der Waals surface area contributed by atoms with E-state index in [4.69, 9.17) is 0 Å². The van der Waals surface area contributed by atoms with Crippen LogP contribution >= 0.6 is 0 Å². The third-order valence-corrected chi connectivity index (χ3v) is 3.25. The molecule has 0 aliphatic rings. The number of hydrogen-bond acceptors (Lipinski definition) is 2. The average molecular weight is 383 g/mol. The molecule has 0 aliphatic carbocycles. The smallest absolute Gasteiger partial charge is 0.392 e. The molecule has 1 aromatic rings. The number of hydrogen-bond donors (Lipinski definition) is 2. The maximum atomic E-state index is 13.3. The molecule has 2 nitrogen and oxygen atoms in total. The first-order chi connectivity index (χ1) is 11.2. The molecule has 1 aromatic carbocycles. The number of benzene rings is 1. The Morgan fingerprint density at radius 1 is 0.840 bits per heavy atom. The van der Waals surface area contributed by atoms with Crippen LogP contribution in [0.25, 0.3) is 0 Å². The molecule has 0 spiro atoms. The first-order valence-electron chi connectivity index (χ1n) is 6.85. The van der Waals surface area contributed by atoms with E-state index in [1.165, 1.54) is 0 Å². The van der Waals surface area contributed by atoms with Gasteiger partial charge in [0.05, 0.1) is 6.10 Å². The number of rotatable bonds is 8. The van der Waals surface area contributed by atoms with Crippen molar-refractivity contribution in [1.29, 1.82) is 0 Å². The predicted octanol–water partition coefficient (Wildman–Crippen LogP) is 4.00. The Morgan fingerprint density at radius 2 is 1.36 bits per heavy atom. The fourth-order valence-corrected chi connectivity index (χ4v) is 1.88. The number of aliphatic hydroxyl groups excluding tert-OH is 1. The average Bonchev–Trinajstić information content (AvgIpc) is 2.46. The van der Waals surface area contributed by atoms with Crippen LogP contribution in [0.15, 0.2) is 30.3 Å². The van der Waals surface area contributed by atoms with Crippen molar-refractivity contribution in [3.8, 4) is 0 Å². The summed E-state index contributed by atoms with van der Waals surface area (Å²) in [6.45, 7) is -0.670. The van der Waals surface area contributed by atoms with Crippen LogP contribution in [0.2, 0.25) is 0 Å². The van der Waals surface area contributed by atoms with Gasteiger partial charge in [0.25, 0.3) is 0 Å². The topological polar surface area (TPSA) is 32.3 Å². The van der Waals surface area contributed by atoms with Gasteiger partial charge in [-0.1, -0.05) is 30.3 Å². The summed E-state index contributed by atoms with van der Waals surface area (Å²) < 4.78 is 114. The van der Waals surface area contributed by atoms with Crippen LogP contribution in [-0.4, -0.2) is 41.7 Å². The summed E-state index contributed by atoms with van der Waals surface area (Å²) in [5.74, 6) is -19.4. The zero-order valence-electron chi connectivity index (χ0n) is 12.4. The van der Waals surface area contributed by atoms with Crippen molar-refractivity contribution >= 4 is 0 Å². The van der Waals surface area contributed by atoms with Gasteiger partial charge in [-0.15, -0.1) is 0 Å². The summed E-state index contributed by atoms with van der Waals surface area (Å²) in [7, 11) is 0. The monoisotopic (exact) mass is 383 g/mol. The molecule has 0 heterocycles. The van der Waals surface area contributed by atoms with Gasteiger partial charge >= 0.3 is 23.9 Å². The first-order valence-corrected chi connectivity index (χ1v) is 6.85. The Balaban J connectivity index is 2.69. The Kier molecular flexibility index (Phi) is 6.38. The lowest BCUT2D eigenvalue weighted by Crippen LogP contribution is -2.61.